The lowest BCUT2D eigenvalue weighted by Crippen LogP contribution is -2.31. The van der Waals surface area contributed by atoms with Crippen molar-refractivity contribution in [3.05, 3.63) is 42.2 Å². The van der Waals surface area contributed by atoms with E-state index in [9.17, 15) is 9.59 Å². The van der Waals surface area contributed by atoms with Crippen molar-refractivity contribution >= 4 is 23.3 Å². The summed E-state index contributed by atoms with van der Waals surface area (Å²) in [4.78, 5) is 26.0. The molecule has 0 fully saturated rings. The number of nitrogens with one attached hydrogen (secondary N) is 2. The number of aromatic nitrogens is 2. The molecule has 0 saturated heterocycles. The highest BCUT2D eigenvalue weighted by molar-refractivity contribution is 5.99. The van der Waals surface area contributed by atoms with Gasteiger partial charge in [0.1, 0.15) is 0 Å². The molecule has 0 aliphatic heterocycles. The van der Waals surface area contributed by atoms with Crippen molar-refractivity contribution < 1.29 is 14.3 Å². The molecule has 2 aromatic rings. The average molecular weight is 373 g/mol. The Hall–Kier alpha value is -2.87. The molecule has 0 unspecified atom stereocenters. The topological polar surface area (TPSA) is 88.5 Å². The number of hydrogen-bond donors (Lipinski definition) is 2. The van der Waals surface area contributed by atoms with Crippen LogP contribution >= 0.6 is 0 Å². The maximum Gasteiger partial charge on any atom is 0.323 e. The highest BCUT2D eigenvalue weighted by Crippen LogP contribution is 2.12. The van der Waals surface area contributed by atoms with E-state index in [1.807, 2.05) is 26.0 Å². The summed E-state index contributed by atoms with van der Waals surface area (Å²) in [6.45, 7) is 6.51. The molecule has 27 heavy (non-hydrogen) atoms. The molecule has 8 nitrogen and oxygen atoms in total. The summed E-state index contributed by atoms with van der Waals surface area (Å²) in [5.41, 5.74) is 2.17. The Morgan fingerprint density at radius 1 is 1.11 bits per heavy atom. The van der Waals surface area contributed by atoms with E-state index >= 15 is 0 Å². The molecule has 0 radical (unpaired) electrons. The summed E-state index contributed by atoms with van der Waals surface area (Å²) in [5, 5.41) is 9.63. The maximum atomic E-state index is 12.1. The quantitative estimate of drug-likeness (QED) is 0.707. The van der Waals surface area contributed by atoms with Crippen LogP contribution < -0.4 is 10.6 Å². The first-order chi connectivity index (χ1) is 13.0. The van der Waals surface area contributed by atoms with Gasteiger partial charge in [-0.05, 0) is 31.5 Å². The van der Waals surface area contributed by atoms with Crippen molar-refractivity contribution in [2.45, 2.75) is 26.8 Å². The van der Waals surface area contributed by atoms with Crippen LogP contribution in [0, 0.1) is 0 Å². The lowest BCUT2D eigenvalue weighted by atomic mass is 10.1. The first-order valence-electron chi connectivity index (χ1n) is 9.01. The van der Waals surface area contributed by atoms with Gasteiger partial charge >= 0.3 is 6.03 Å². The summed E-state index contributed by atoms with van der Waals surface area (Å²) in [6, 6.07) is 6.91. The van der Waals surface area contributed by atoms with Gasteiger partial charge in [-0.15, -0.1) is 0 Å². The highest BCUT2D eigenvalue weighted by Gasteiger charge is 2.10. The van der Waals surface area contributed by atoms with Crippen molar-refractivity contribution in [2.24, 2.45) is 0 Å². The van der Waals surface area contributed by atoms with E-state index < -0.39 is 0 Å². The fourth-order valence-electron chi connectivity index (χ4n) is 2.60. The Bertz CT molecular complexity index is 738. The molecule has 0 spiro atoms. The summed E-state index contributed by atoms with van der Waals surface area (Å²) in [6.07, 6.45) is 3.67. The highest BCUT2D eigenvalue weighted by atomic mass is 16.5. The number of ether oxygens (including phenoxy) is 1. The zero-order valence-electron chi connectivity index (χ0n) is 16.1. The number of hydrogen-bond acceptors (Lipinski definition) is 4. The van der Waals surface area contributed by atoms with Gasteiger partial charge in [0.05, 0.1) is 31.5 Å². The number of nitrogens with zero attached hydrogens (tertiary/aromatic N) is 3. The Labute approximate surface area is 159 Å². The lowest BCUT2D eigenvalue weighted by molar-refractivity contribution is -0.130. The van der Waals surface area contributed by atoms with Crippen LogP contribution in [0.15, 0.2) is 36.7 Å². The van der Waals surface area contributed by atoms with Crippen LogP contribution in [-0.2, 0) is 22.5 Å². The van der Waals surface area contributed by atoms with Gasteiger partial charge in [-0.3, -0.25) is 9.48 Å². The number of rotatable bonds is 9. The van der Waals surface area contributed by atoms with E-state index in [2.05, 4.69) is 15.7 Å². The van der Waals surface area contributed by atoms with Crippen LogP contribution in [0.3, 0.4) is 0 Å². The van der Waals surface area contributed by atoms with E-state index in [-0.39, 0.29) is 11.9 Å². The van der Waals surface area contributed by atoms with Crippen LogP contribution in [0.4, 0.5) is 16.2 Å². The van der Waals surface area contributed by atoms with Gasteiger partial charge < -0.3 is 20.3 Å². The monoisotopic (exact) mass is 373 g/mol. The molecule has 146 valence electrons. The number of methoxy groups -OCH3 is 1. The van der Waals surface area contributed by atoms with Crippen molar-refractivity contribution in [1.29, 1.82) is 0 Å². The lowest BCUT2D eigenvalue weighted by Gasteiger charge is -2.18. The Kier molecular flexibility index (Phi) is 7.81. The second-order valence-electron chi connectivity index (χ2n) is 6.00. The van der Waals surface area contributed by atoms with Crippen LogP contribution in [0.25, 0.3) is 0 Å². The Morgan fingerprint density at radius 3 is 2.41 bits per heavy atom. The predicted molar refractivity (Wildman–Crippen MR) is 105 cm³/mol. The second kappa shape index (κ2) is 10.3. The van der Waals surface area contributed by atoms with Gasteiger partial charge in [0, 0.05) is 32.1 Å². The minimum Gasteiger partial charge on any atom is -0.383 e. The molecule has 0 atom stereocenters. The molecule has 8 heteroatoms. The van der Waals surface area contributed by atoms with Crippen LogP contribution in [-0.4, -0.2) is 53.4 Å². The minimum absolute atomic E-state index is 0.101. The van der Waals surface area contributed by atoms with Gasteiger partial charge in [0.2, 0.25) is 5.91 Å². The largest absolute Gasteiger partial charge is 0.383 e. The van der Waals surface area contributed by atoms with Crippen molar-refractivity contribution in [1.82, 2.24) is 14.7 Å². The third kappa shape index (κ3) is 6.41. The standard InChI is InChI=1S/C19H27N5O3/c1-4-23(5-2)18(25)12-15-6-8-16(9-7-15)21-19(26)22-17-13-20-24(14-17)10-11-27-3/h6-9,13-14H,4-5,10-12H2,1-3H3,(H2,21,22,26). The Balaban J connectivity index is 1.85. The normalized spacial score (nSPS) is 10.5. The van der Waals surface area contributed by atoms with Gasteiger partial charge in [0.15, 0.2) is 0 Å². The smallest absolute Gasteiger partial charge is 0.323 e. The van der Waals surface area contributed by atoms with E-state index in [1.165, 1.54) is 0 Å². The van der Waals surface area contributed by atoms with Gasteiger partial charge in [0.25, 0.3) is 0 Å². The van der Waals surface area contributed by atoms with Gasteiger partial charge in [-0.2, -0.15) is 5.10 Å². The van der Waals surface area contributed by atoms with E-state index in [4.69, 9.17) is 4.74 Å². The zero-order chi connectivity index (χ0) is 19.6. The maximum absolute atomic E-state index is 12.1. The number of carbonyl (C=O) groups excluding carboxylic acids is 2. The first kappa shape index (κ1) is 20.4. The summed E-state index contributed by atoms with van der Waals surface area (Å²) >= 11 is 0. The Morgan fingerprint density at radius 2 is 1.78 bits per heavy atom. The molecule has 2 rings (SSSR count). The fraction of sp³-hybridized carbons (Fsp3) is 0.421. The molecule has 0 saturated carbocycles. The summed E-state index contributed by atoms with van der Waals surface area (Å²) < 4.78 is 6.69. The number of anilines is 2. The van der Waals surface area contributed by atoms with Crippen LogP contribution in [0.2, 0.25) is 0 Å². The fourth-order valence-corrected chi connectivity index (χ4v) is 2.60. The molecular formula is C19H27N5O3. The van der Waals surface area contributed by atoms with Gasteiger partial charge in [-0.1, -0.05) is 12.1 Å². The molecule has 2 N–H and O–H groups in total. The second-order valence-corrected chi connectivity index (χ2v) is 6.00. The number of benzene rings is 1. The van der Waals surface area contributed by atoms with Crippen molar-refractivity contribution in [3.8, 4) is 0 Å². The van der Waals surface area contributed by atoms with E-state index in [0.717, 1.165) is 5.56 Å². The van der Waals surface area contributed by atoms with Gasteiger partial charge in [-0.25, -0.2) is 4.79 Å². The van der Waals surface area contributed by atoms with Crippen molar-refractivity contribution in [3.63, 3.8) is 0 Å². The molecule has 0 aliphatic carbocycles. The number of amides is 3. The molecule has 1 heterocycles. The van der Waals surface area contributed by atoms with Crippen LogP contribution in [0.1, 0.15) is 19.4 Å². The van der Waals surface area contributed by atoms with Crippen molar-refractivity contribution in [2.75, 3.05) is 37.4 Å². The zero-order valence-corrected chi connectivity index (χ0v) is 16.1. The molecular weight excluding hydrogens is 346 g/mol. The van der Waals surface area contributed by atoms with E-state index in [1.54, 1.807) is 41.2 Å². The number of likely N-dealkylation sites (N-methyl/N-ethyl adjacent to an activating group) is 1. The van der Waals surface area contributed by atoms with E-state index in [0.29, 0.717) is 44.0 Å². The first-order valence-corrected chi connectivity index (χ1v) is 9.01. The summed E-state index contributed by atoms with van der Waals surface area (Å²) in [7, 11) is 1.63. The molecule has 0 bridgehead atoms. The van der Waals surface area contributed by atoms with Crippen LogP contribution in [0.5, 0.6) is 0 Å². The third-order valence-corrected chi connectivity index (χ3v) is 4.10. The summed E-state index contributed by atoms with van der Waals surface area (Å²) in [5.74, 6) is 0.101. The SMILES string of the molecule is CCN(CC)C(=O)Cc1ccc(NC(=O)Nc2cnn(CCOC)c2)cc1. The molecule has 3 amide bonds. The average Bonchev–Trinajstić information content (AvgIpc) is 3.09. The third-order valence-electron chi connectivity index (χ3n) is 4.10. The minimum atomic E-state index is -0.353. The predicted octanol–water partition coefficient (Wildman–Crippen LogP) is 2.58. The number of carbonyl (C=O) groups is 2. The molecule has 1 aromatic carbocycles. The molecule has 0 aliphatic rings. The molecule has 1 aromatic heterocycles. The number of urea groups is 1.